The van der Waals surface area contributed by atoms with Crippen LogP contribution in [-0.4, -0.2) is 77.4 Å². The predicted molar refractivity (Wildman–Crippen MR) is 213 cm³/mol. The molecule has 0 radical (unpaired) electrons. The third-order valence-electron chi connectivity index (χ3n) is 12.7. The number of nitrogens with one attached hydrogen (secondary N) is 1. The molecule has 0 spiro atoms. The summed E-state index contributed by atoms with van der Waals surface area (Å²) >= 11 is 0. The predicted octanol–water partition coefficient (Wildman–Crippen LogP) is 6.70. The second-order valence-electron chi connectivity index (χ2n) is 15.9. The zero-order valence-electron chi connectivity index (χ0n) is 31.2. The van der Waals surface area contributed by atoms with Gasteiger partial charge < -0.3 is 14.9 Å². The number of phenolic OH excluding ortho intramolecular Hbond substituents is 1. The molecule has 2 amide bonds. The monoisotopic (exact) mass is 722 g/mol. The Morgan fingerprint density at radius 3 is 2.24 bits per heavy atom. The average Bonchev–Trinajstić information content (AvgIpc) is 3.53. The van der Waals surface area contributed by atoms with Crippen LogP contribution in [0.4, 0.5) is 11.4 Å². The van der Waals surface area contributed by atoms with E-state index in [1.54, 1.807) is 0 Å². The highest BCUT2D eigenvalue weighted by Crippen LogP contribution is 2.47. The number of anilines is 2. The number of aromatic hydroxyl groups is 1. The summed E-state index contributed by atoms with van der Waals surface area (Å²) in [5.41, 5.74) is 9.66. The van der Waals surface area contributed by atoms with Crippen LogP contribution in [0, 0.1) is 5.92 Å². The number of imide groups is 1. The molecule has 278 valence electrons. The molecule has 1 aromatic heterocycles. The van der Waals surface area contributed by atoms with Crippen LogP contribution in [0.2, 0.25) is 0 Å². The minimum Gasteiger partial charge on any atom is -0.508 e. The highest BCUT2D eigenvalue weighted by Gasteiger charge is 2.34. The van der Waals surface area contributed by atoms with Gasteiger partial charge in [-0.3, -0.25) is 24.5 Å². The molecule has 1 aliphatic carbocycles. The molecule has 9 heteroatoms. The lowest BCUT2D eigenvalue weighted by Gasteiger charge is -2.40. The summed E-state index contributed by atoms with van der Waals surface area (Å²) in [6, 6.07) is 32.8. The van der Waals surface area contributed by atoms with Crippen LogP contribution in [0.3, 0.4) is 0 Å². The lowest BCUT2D eigenvalue weighted by molar-refractivity contribution is -0.134. The van der Waals surface area contributed by atoms with Gasteiger partial charge in [-0.05, 0) is 109 Å². The molecule has 0 saturated carbocycles. The summed E-state index contributed by atoms with van der Waals surface area (Å²) in [5, 5.41) is 18.4. The molecule has 4 heterocycles. The van der Waals surface area contributed by atoms with E-state index in [1.165, 1.54) is 46.5 Å². The zero-order chi connectivity index (χ0) is 36.8. The highest BCUT2D eigenvalue weighted by molar-refractivity contribution is 6.02. The average molecular weight is 723 g/mol. The Labute approximate surface area is 317 Å². The number of benzene rings is 4. The fraction of sp³-hybridized carbons (Fsp3) is 0.400. The number of carbonyl (C=O) groups is 2. The molecule has 5 aromatic rings. The van der Waals surface area contributed by atoms with Crippen molar-refractivity contribution in [3.8, 4) is 5.75 Å². The van der Waals surface area contributed by atoms with E-state index in [4.69, 9.17) is 5.10 Å². The Balaban J connectivity index is 0.797. The van der Waals surface area contributed by atoms with Crippen LogP contribution in [0.1, 0.15) is 77.8 Å². The minimum absolute atomic E-state index is 0.201. The third-order valence-corrected chi connectivity index (χ3v) is 12.7. The molecule has 4 aliphatic rings. The van der Waals surface area contributed by atoms with E-state index >= 15 is 0 Å². The highest BCUT2D eigenvalue weighted by atomic mass is 16.3. The number of hydrogen-bond donors (Lipinski definition) is 2. The van der Waals surface area contributed by atoms with Gasteiger partial charge in [-0.15, -0.1) is 0 Å². The maximum atomic E-state index is 12.6. The number of fused-ring (bicyclic) bond motifs is 2. The molecule has 9 nitrogen and oxygen atoms in total. The second-order valence-corrected chi connectivity index (χ2v) is 15.9. The normalized spacial score (nSPS) is 22.7. The first-order valence-electron chi connectivity index (χ1n) is 19.9. The van der Waals surface area contributed by atoms with Gasteiger partial charge in [0.15, 0.2) is 0 Å². The molecule has 3 saturated heterocycles. The summed E-state index contributed by atoms with van der Waals surface area (Å²) in [4.78, 5) is 32.0. The van der Waals surface area contributed by atoms with Gasteiger partial charge in [-0.25, -0.2) is 0 Å². The Morgan fingerprint density at radius 1 is 0.741 bits per heavy atom. The summed E-state index contributed by atoms with van der Waals surface area (Å²) in [5.74, 6) is 0.926. The van der Waals surface area contributed by atoms with Crippen molar-refractivity contribution in [2.45, 2.75) is 56.3 Å². The topological polar surface area (TPSA) is 93.9 Å². The van der Waals surface area contributed by atoms with E-state index in [0.717, 1.165) is 75.3 Å². The van der Waals surface area contributed by atoms with Crippen molar-refractivity contribution < 1.29 is 14.7 Å². The van der Waals surface area contributed by atoms with E-state index in [1.807, 2.05) is 23.9 Å². The van der Waals surface area contributed by atoms with Crippen molar-refractivity contribution in [2.75, 3.05) is 55.6 Å². The molecule has 0 unspecified atom stereocenters. The van der Waals surface area contributed by atoms with Crippen molar-refractivity contribution in [3.05, 3.63) is 119 Å². The number of nitrogens with zero attached hydrogens (tertiary/aromatic N) is 5. The lowest BCUT2D eigenvalue weighted by Crippen LogP contribution is -2.49. The largest absolute Gasteiger partial charge is 0.508 e. The fourth-order valence-corrected chi connectivity index (χ4v) is 9.78. The van der Waals surface area contributed by atoms with E-state index in [9.17, 15) is 14.7 Å². The van der Waals surface area contributed by atoms with Crippen molar-refractivity contribution in [1.82, 2.24) is 20.0 Å². The molecular formula is C45H50N6O3. The van der Waals surface area contributed by atoms with Crippen LogP contribution in [0.25, 0.3) is 10.9 Å². The van der Waals surface area contributed by atoms with Gasteiger partial charge in [0.25, 0.3) is 0 Å². The summed E-state index contributed by atoms with van der Waals surface area (Å²) < 4.78 is 1.87. The molecule has 3 fully saturated rings. The molecular weight excluding hydrogens is 673 g/mol. The first-order chi connectivity index (χ1) is 26.4. The zero-order valence-corrected chi connectivity index (χ0v) is 31.2. The van der Waals surface area contributed by atoms with Gasteiger partial charge >= 0.3 is 0 Å². The first kappa shape index (κ1) is 34.6. The number of hydrogen-bond acceptors (Lipinski definition) is 7. The van der Waals surface area contributed by atoms with Gasteiger partial charge in [-0.2, -0.15) is 5.10 Å². The minimum atomic E-state index is -0.385. The van der Waals surface area contributed by atoms with Gasteiger partial charge in [0.05, 0.1) is 17.1 Å². The second kappa shape index (κ2) is 14.6. The molecule has 2 N–H and O–H groups in total. The number of piperazine rings is 1. The first-order valence-corrected chi connectivity index (χ1v) is 19.9. The van der Waals surface area contributed by atoms with E-state index in [2.05, 4.69) is 98.9 Å². The van der Waals surface area contributed by atoms with Crippen molar-refractivity contribution in [3.63, 3.8) is 0 Å². The van der Waals surface area contributed by atoms with Crippen molar-refractivity contribution >= 4 is 34.1 Å². The van der Waals surface area contributed by atoms with Gasteiger partial charge in [0.2, 0.25) is 11.8 Å². The Hall–Kier alpha value is -5.15. The lowest BCUT2D eigenvalue weighted by atomic mass is 9.69. The fourth-order valence-electron chi connectivity index (χ4n) is 9.78. The molecule has 4 aromatic carbocycles. The number of carbonyl (C=O) groups excluding carboxylic acids is 2. The van der Waals surface area contributed by atoms with Crippen LogP contribution < -0.4 is 15.1 Å². The number of aromatic nitrogens is 2. The Bertz CT molecular complexity index is 2150. The number of piperidine rings is 2. The Morgan fingerprint density at radius 2 is 1.48 bits per heavy atom. The molecule has 0 bridgehead atoms. The summed E-state index contributed by atoms with van der Waals surface area (Å²) in [6.45, 7) is 7.44. The standard InChI is InChI=1S/C45H50N6O3/c1-48-41-28-35(12-15-39(41)44(47-48)40-17-18-42(53)46-45(40)54)51-25-23-49(24-26-51)29-30-19-21-50(22-20-30)34-10-7-32(8-11-34)43-37(31-5-3-2-4-6-31)14-9-33-27-36(52)13-16-38(33)43/h2-8,10-13,15-16,27-28,30,37,40,43,52H,9,14,17-26,29H2,1H3,(H,46,53,54)/t37-,40-,43+/m1/s1. The van der Waals surface area contributed by atoms with Crippen LogP contribution in [0.5, 0.6) is 5.75 Å². The van der Waals surface area contributed by atoms with Crippen LogP contribution >= 0.6 is 0 Å². The molecule has 54 heavy (non-hydrogen) atoms. The molecule has 9 rings (SSSR count). The number of aryl methyl sites for hydroxylation is 2. The molecule has 3 atom stereocenters. The van der Waals surface area contributed by atoms with E-state index in [0.29, 0.717) is 30.4 Å². The molecule has 3 aliphatic heterocycles. The number of rotatable bonds is 7. The van der Waals surface area contributed by atoms with Gasteiger partial charge in [0, 0.05) is 82.0 Å². The smallest absolute Gasteiger partial charge is 0.235 e. The van der Waals surface area contributed by atoms with E-state index < -0.39 is 0 Å². The van der Waals surface area contributed by atoms with Crippen LogP contribution in [-0.2, 0) is 23.1 Å². The summed E-state index contributed by atoms with van der Waals surface area (Å²) in [6.07, 6.45) is 5.35. The summed E-state index contributed by atoms with van der Waals surface area (Å²) in [7, 11) is 1.94. The number of amides is 2. The quantitative estimate of drug-likeness (QED) is 0.181. The van der Waals surface area contributed by atoms with E-state index in [-0.39, 0.29) is 23.7 Å². The van der Waals surface area contributed by atoms with Crippen molar-refractivity contribution in [1.29, 1.82) is 0 Å². The van der Waals surface area contributed by atoms with Gasteiger partial charge in [-0.1, -0.05) is 48.5 Å². The van der Waals surface area contributed by atoms with Gasteiger partial charge in [0.1, 0.15) is 5.75 Å². The Kier molecular flexibility index (Phi) is 9.35. The number of phenols is 1. The van der Waals surface area contributed by atoms with Crippen LogP contribution in [0.15, 0.2) is 91.0 Å². The maximum Gasteiger partial charge on any atom is 0.235 e. The SMILES string of the molecule is Cn1nc([C@H]2CCC(=O)NC2=O)c2ccc(N3CCN(CC4CCN(c5ccc([C@@H]6c7ccc(O)cc7CC[C@@H]6c6ccccc6)cc5)CC4)CC3)cc21. The third kappa shape index (κ3) is 6.74. The van der Waals surface area contributed by atoms with Crippen molar-refractivity contribution in [2.24, 2.45) is 13.0 Å². The maximum absolute atomic E-state index is 12.6.